The number of hydrogen-bond donors (Lipinski definition) is 2. The SMILES string of the molecule is CCl.COc1ccc(-c2sc3cc(O)ccc3c2Oc2ccc(OCC[NH+]3CCCCC3)cc2)cc1. The third-order valence-electron chi connectivity index (χ3n) is 6.31. The number of thiophene rings is 1. The summed E-state index contributed by atoms with van der Waals surface area (Å²) in [6, 6.07) is 21.1. The Morgan fingerprint density at radius 3 is 2.22 bits per heavy atom. The Morgan fingerprint density at radius 2 is 1.53 bits per heavy atom. The Morgan fingerprint density at radius 1 is 0.861 bits per heavy atom. The lowest BCUT2D eigenvalue weighted by Gasteiger charge is -2.23. The molecule has 0 atom stereocenters. The highest BCUT2D eigenvalue weighted by Crippen LogP contribution is 2.47. The van der Waals surface area contributed by atoms with E-state index in [0.717, 1.165) is 56.7 Å². The van der Waals surface area contributed by atoms with Gasteiger partial charge in [0, 0.05) is 16.5 Å². The third-order valence-corrected chi connectivity index (χ3v) is 7.49. The number of piperidine rings is 1. The molecular weight excluding hydrogens is 494 g/mol. The van der Waals surface area contributed by atoms with E-state index in [-0.39, 0.29) is 5.75 Å². The van der Waals surface area contributed by atoms with Gasteiger partial charge in [0.2, 0.25) is 0 Å². The summed E-state index contributed by atoms with van der Waals surface area (Å²) < 4.78 is 18.7. The van der Waals surface area contributed by atoms with Gasteiger partial charge in [0.05, 0.1) is 25.1 Å². The minimum Gasteiger partial charge on any atom is -0.508 e. The molecule has 5 nitrogen and oxygen atoms in total. The van der Waals surface area contributed by atoms with E-state index in [1.165, 1.54) is 38.7 Å². The molecule has 1 fully saturated rings. The zero-order valence-corrected chi connectivity index (χ0v) is 22.3. The molecule has 190 valence electrons. The first-order valence-electron chi connectivity index (χ1n) is 12.2. The lowest BCUT2D eigenvalue weighted by atomic mass is 10.1. The maximum atomic E-state index is 9.98. The summed E-state index contributed by atoms with van der Waals surface area (Å²) in [5.74, 6) is 3.44. The van der Waals surface area contributed by atoms with Crippen molar-refractivity contribution in [3.63, 3.8) is 0 Å². The number of likely N-dealkylation sites (tertiary alicyclic amines) is 1. The normalized spacial score (nSPS) is 13.6. The molecule has 0 bridgehead atoms. The van der Waals surface area contributed by atoms with Crippen LogP contribution in [-0.4, -0.2) is 44.8 Å². The van der Waals surface area contributed by atoms with E-state index >= 15 is 0 Å². The summed E-state index contributed by atoms with van der Waals surface area (Å²) in [6.45, 7) is 4.31. The molecule has 1 saturated heterocycles. The topological polar surface area (TPSA) is 52.4 Å². The molecule has 5 rings (SSSR count). The number of benzene rings is 3. The maximum absolute atomic E-state index is 9.98. The molecule has 1 aromatic heterocycles. The number of quaternary nitrogens is 1. The second-order valence-electron chi connectivity index (χ2n) is 8.65. The van der Waals surface area contributed by atoms with Crippen molar-refractivity contribution in [1.29, 1.82) is 0 Å². The standard InChI is InChI=1S/C28H29NO4S.CH3Cl/c1-31-22-8-5-20(6-9-22)28-27(25-14-7-21(30)19-26(25)34-28)33-24-12-10-23(11-13-24)32-18-17-29-15-3-2-4-16-29;1-2/h5-14,19,30H,2-4,15-18H2,1H3;1H3/p+1. The van der Waals surface area contributed by atoms with Crippen LogP contribution in [0.5, 0.6) is 28.7 Å². The van der Waals surface area contributed by atoms with Crippen LogP contribution in [0, 0.1) is 0 Å². The van der Waals surface area contributed by atoms with Crippen LogP contribution >= 0.6 is 22.9 Å². The van der Waals surface area contributed by atoms with Gasteiger partial charge in [0.25, 0.3) is 0 Å². The number of phenolic OH excluding ortho intramolecular Hbond substituents is 1. The van der Waals surface area contributed by atoms with Crippen molar-refractivity contribution in [2.75, 3.05) is 39.7 Å². The number of hydrogen-bond acceptors (Lipinski definition) is 5. The van der Waals surface area contributed by atoms with Gasteiger partial charge in [-0.15, -0.1) is 22.9 Å². The lowest BCUT2D eigenvalue weighted by molar-refractivity contribution is -0.904. The van der Waals surface area contributed by atoms with Gasteiger partial charge in [-0.05, 0) is 91.6 Å². The van der Waals surface area contributed by atoms with Gasteiger partial charge in [-0.3, -0.25) is 0 Å². The second-order valence-corrected chi connectivity index (χ2v) is 9.70. The fourth-order valence-corrected chi connectivity index (χ4v) is 5.60. The number of aromatic hydroxyl groups is 1. The van der Waals surface area contributed by atoms with Gasteiger partial charge < -0.3 is 24.2 Å². The summed E-state index contributed by atoms with van der Waals surface area (Å²) in [5.41, 5.74) is 1.04. The zero-order valence-electron chi connectivity index (χ0n) is 20.8. The Bertz CT molecular complexity index is 1230. The summed E-state index contributed by atoms with van der Waals surface area (Å²) in [6.07, 6.45) is 5.50. The average Bonchev–Trinajstić information content (AvgIpc) is 3.28. The molecule has 0 spiro atoms. The predicted molar refractivity (Wildman–Crippen MR) is 149 cm³/mol. The Hall–Kier alpha value is -2.93. The van der Waals surface area contributed by atoms with Crippen LogP contribution in [-0.2, 0) is 0 Å². The van der Waals surface area contributed by atoms with Gasteiger partial charge in [-0.25, -0.2) is 0 Å². The molecule has 0 unspecified atom stereocenters. The monoisotopic (exact) mass is 526 g/mol. The largest absolute Gasteiger partial charge is 0.508 e. The number of alkyl halides is 1. The molecule has 36 heavy (non-hydrogen) atoms. The molecule has 2 heterocycles. The van der Waals surface area contributed by atoms with Crippen molar-refractivity contribution in [2.45, 2.75) is 19.3 Å². The number of halogens is 1. The Balaban J connectivity index is 0.00000148. The zero-order chi connectivity index (χ0) is 25.3. The summed E-state index contributed by atoms with van der Waals surface area (Å²) >= 11 is 6.24. The van der Waals surface area contributed by atoms with Crippen molar-refractivity contribution in [1.82, 2.24) is 0 Å². The Labute approximate surface area is 221 Å². The molecule has 0 amide bonds. The van der Waals surface area contributed by atoms with Gasteiger partial charge in [-0.1, -0.05) is 0 Å². The fourth-order valence-electron chi connectivity index (χ4n) is 4.43. The number of nitrogens with one attached hydrogen (secondary N) is 1. The summed E-state index contributed by atoms with van der Waals surface area (Å²) in [7, 11) is 1.66. The number of ether oxygens (including phenoxy) is 3. The third kappa shape index (κ3) is 6.44. The molecule has 4 aromatic rings. The van der Waals surface area contributed by atoms with Crippen molar-refractivity contribution in [2.24, 2.45) is 0 Å². The Kier molecular flexibility index (Phi) is 9.34. The first kappa shape index (κ1) is 26.1. The quantitative estimate of drug-likeness (QED) is 0.262. The van der Waals surface area contributed by atoms with Crippen LogP contribution in [0.3, 0.4) is 0 Å². The minimum absolute atomic E-state index is 0.245. The van der Waals surface area contributed by atoms with Crippen molar-refractivity contribution >= 4 is 33.0 Å². The van der Waals surface area contributed by atoms with Crippen molar-refractivity contribution in [3.8, 4) is 39.2 Å². The van der Waals surface area contributed by atoms with Crippen LogP contribution in [0.25, 0.3) is 20.5 Å². The molecular formula is C29H33ClNO4S+. The molecule has 1 aliphatic rings. The van der Waals surface area contributed by atoms with Gasteiger partial charge in [0.1, 0.15) is 36.1 Å². The molecule has 0 aliphatic carbocycles. The van der Waals surface area contributed by atoms with E-state index < -0.39 is 0 Å². The number of phenols is 1. The highest BCUT2D eigenvalue weighted by molar-refractivity contribution is 7.22. The van der Waals surface area contributed by atoms with Crippen LogP contribution in [0.4, 0.5) is 0 Å². The van der Waals surface area contributed by atoms with Crippen LogP contribution in [0.15, 0.2) is 66.7 Å². The average molecular weight is 527 g/mol. The van der Waals surface area contributed by atoms with Gasteiger partial charge in [0.15, 0.2) is 5.75 Å². The molecule has 0 saturated carbocycles. The fraction of sp³-hybridized carbons (Fsp3) is 0.310. The molecule has 0 radical (unpaired) electrons. The first-order valence-corrected chi connectivity index (χ1v) is 13.8. The summed E-state index contributed by atoms with van der Waals surface area (Å²) in [5, 5.41) is 10.9. The number of rotatable bonds is 8. The smallest absolute Gasteiger partial charge is 0.153 e. The lowest BCUT2D eigenvalue weighted by Crippen LogP contribution is -3.13. The van der Waals surface area contributed by atoms with Crippen molar-refractivity contribution < 1.29 is 24.2 Å². The maximum Gasteiger partial charge on any atom is 0.153 e. The molecule has 2 N–H and O–H groups in total. The van der Waals surface area contributed by atoms with Crippen molar-refractivity contribution in [3.05, 3.63) is 66.7 Å². The van der Waals surface area contributed by atoms with E-state index in [1.54, 1.807) is 35.5 Å². The summed E-state index contributed by atoms with van der Waals surface area (Å²) in [4.78, 5) is 2.65. The van der Waals surface area contributed by atoms with E-state index in [1.807, 2.05) is 54.6 Å². The molecule has 3 aromatic carbocycles. The van der Waals surface area contributed by atoms with Crippen LogP contribution in [0.1, 0.15) is 19.3 Å². The van der Waals surface area contributed by atoms with Crippen LogP contribution in [0.2, 0.25) is 0 Å². The van der Waals surface area contributed by atoms with E-state index in [4.69, 9.17) is 14.2 Å². The van der Waals surface area contributed by atoms with E-state index in [9.17, 15) is 5.11 Å². The minimum atomic E-state index is 0.245. The van der Waals surface area contributed by atoms with Gasteiger partial charge >= 0.3 is 0 Å². The molecule has 7 heteroatoms. The van der Waals surface area contributed by atoms with E-state index in [0.29, 0.717) is 0 Å². The predicted octanol–water partition coefficient (Wildman–Crippen LogP) is 6.38. The van der Waals surface area contributed by atoms with Crippen LogP contribution < -0.4 is 19.1 Å². The molecule has 1 aliphatic heterocycles. The van der Waals surface area contributed by atoms with Gasteiger partial charge in [-0.2, -0.15) is 0 Å². The second kappa shape index (κ2) is 12.9. The number of fused-ring (bicyclic) bond motifs is 1. The first-order chi connectivity index (χ1) is 17.7. The number of methoxy groups -OCH3 is 1. The highest BCUT2D eigenvalue weighted by Gasteiger charge is 2.17. The highest BCUT2D eigenvalue weighted by atomic mass is 35.5. The van der Waals surface area contributed by atoms with E-state index in [2.05, 4.69) is 11.6 Å².